The van der Waals surface area contributed by atoms with Crippen molar-refractivity contribution in [2.75, 3.05) is 18.0 Å². The summed E-state index contributed by atoms with van der Waals surface area (Å²) in [6.07, 6.45) is 0. The average Bonchev–Trinajstić information content (AvgIpc) is 2.63. The van der Waals surface area contributed by atoms with Gasteiger partial charge in [0.25, 0.3) is 5.91 Å². The minimum atomic E-state index is -0.562. The molecular weight excluding hydrogens is 314 g/mol. The van der Waals surface area contributed by atoms with Gasteiger partial charge in [-0.15, -0.1) is 0 Å². The molecule has 2 N–H and O–H groups in total. The largest absolute Gasteiger partial charge is 0.437 e. The van der Waals surface area contributed by atoms with Crippen molar-refractivity contribution in [2.45, 2.75) is 13.8 Å². The topological polar surface area (TPSA) is 71.8 Å². The second-order valence-corrected chi connectivity index (χ2v) is 5.67. The van der Waals surface area contributed by atoms with Crippen molar-refractivity contribution >= 4 is 28.3 Å². The molecule has 0 aliphatic heterocycles. The van der Waals surface area contributed by atoms with Crippen LogP contribution in [-0.4, -0.2) is 19.0 Å². The third kappa shape index (κ3) is 3.55. The van der Waals surface area contributed by atoms with E-state index in [0.717, 1.165) is 24.2 Å². The monoisotopic (exact) mass is 335 g/mol. The average molecular weight is 335 g/mol. The Morgan fingerprint density at radius 1 is 1.08 bits per heavy atom. The Kier molecular flexibility index (Phi) is 4.84. The second-order valence-electron chi connectivity index (χ2n) is 5.67. The number of nitrogens with two attached hydrogens (primary N) is 1. The SMILES string of the molecule is CCN(CC)c1ccc2cc(C(N)=O)c(=Nc3ccccc3)oc2c1. The number of fused-ring (bicyclic) bond motifs is 1. The highest BCUT2D eigenvalue weighted by atomic mass is 16.3. The normalized spacial score (nSPS) is 11.7. The molecule has 0 saturated carbocycles. The van der Waals surface area contributed by atoms with E-state index in [-0.39, 0.29) is 11.1 Å². The first-order valence-electron chi connectivity index (χ1n) is 8.34. The molecule has 1 amide bonds. The van der Waals surface area contributed by atoms with Crippen molar-refractivity contribution in [1.82, 2.24) is 0 Å². The van der Waals surface area contributed by atoms with Crippen LogP contribution in [0.15, 0.2) is 64.0 Å². The van der Waals surface area contributed by atoms with E-state index in [9.17, 15) is 4.79 Å². The van der Waals surface area contributed by atoms with Crippen LogP contribution in [0.4, 0.5) is 11.4 Å². The van der Waals surface area contributed by atoms with Crippen LogP contribution >= 0.6 is 0 Å². The Hall–Kier alpha value is -3.08. The number of amides is 1. The number of hydrogen-bond acceptors (Lipinski definition) is 4. The molecule has 1 heterocycles. The van der Waals surface area contributed by atoms with Crippen LogP contribution in [0.5, 0.6) is 0 Å². The second kappa shape index (κ2) is 7.21. The summed E-state index contributed by atoms with van der Waals surface area (Å²) in [5, 5.41) is 0.816. The summed E-state index contributed by atoms with van der Waals surface area (Å²) >= 11 is 0. The minimum Gasteiger partial charge on any atom is -0.437 e. The third-order valence-corrected chi connectivity index (χ3v) is 4.11. The van der Waals surface area contributed by atoms with E-state index in [0.29, 0.717) is 11.3 Å². The predicted octanol–water partition coefficient (Wildman–Crippen LogP) is 3.61. The molecule has 0 aliphatic carbocycles. The number of carbonyl (C=O) groups excluding carboxylic acids is 1. The lowest BCUT2D eigenvalue weighted by atomic mass is 10.1. The van der Waals surface area contributed by atoms with E-state index in [2.05, 4.69) is 23.7 Å². The summed E-state index contributed by atoms with van der Waals surface area (Å²) in [4.78, 5) is 18.5. The molecule has 0 saturated heterocycles. The zero-order valence-electron chi connectivity index (χ0n) is 14.4. The van der Waals surface area contributed by atoms with Gasteiger partial charge in [0.15, 0.2) is 0 Å². The highest BCUT2D eigenvalue weighted by Crippen LogP contribution is 2.22. The molecule has 3 rings (SSSR count). The molecule has 0 unspecified atom stereocenters. The number of hydrogen-bond donors (Lipinski definition) is 1. The van der Waals surface area contributed by atoms with Crippen LogP contribution < -0.4 is 16.2 Å². The Balaban J connectivity index is 2.22. The first-order chi connectivity index (χ1) is 12.1. The van der Waals surface area contributed by atoms with Crippen LogP contribution in [-0.2, 0) is 0 Å². The maximum absolute atomic E-state index is 11.8. The van der Waals surface area contributed by atoms with Crippen LogP contribution in [0.2, 0.25) is 0 Å². The first kappa shape index (κ1) is 16.8. The molecule has 0 bridgehead atoms. The molecule has 25 heavy (non-hydrogen) atoms. The number of rotatable bonds is 5. The van der Waals surface area contributed by atoms with Crippen molar-refractivity contribution in [2.24, 2.45) is 10.7 Å². The van der Waals surface area contributed by atoms with E-state index >= 15 is 0 Å². The van der Waals surface area contributed by atoms with Gasteiger partial charge in [-0.05, 0) is 44.2 Å². The lowest BCUT2D eigenvalue weighted by Crippen LogP contribution is -2.22. The fraction of sp³-hybridized carbons (Fsp3) is 0.200. The van der Waals surface area contributed by atoms with Crippen molar-refractivity contribution in [1.29, 1.82) is 0 Å². The van der Waals surface area contributed by atoms with E-state index in [1.807, 2.05) is 48.5 Å². The molecule has 1 aromatic heterocycles. The molecule has 5 heteroatoms. The highest BCUT2D eigenvalue weighted by Gasteiger charge is 2.11. The van der Waals surface area contributed by atoms with E-state index < -0.39 is 5.91 Å². The van der Waals surface area contributed by atoms with Gasteiger partial charge in [0.05, 0.1) is 5.69 Å². The fourth-order valence-corrected chi connectivity index (χ4v) is 2.77. The van der Waals surface area contributed by atoms with Crippen LogP contribution in [0.3, 0.4) is 0 Å². The predicted molar refractivity (Wildman–Crippen MR) is 100.0 cm³/mol. The Morgan fingerprint density at radius 2 is 1.80 bits per heavy atom. The summed E-state index contributed by atoms with van der Waals surface area (Å²) in [7, 11) is 0. The highest BCUT2D eigenvalue weighted by molar-refractivity contribution is 5.95. The lowest BCUT2D eigenvalue weighted by Gasteiger charge is -2.21. The van der Waals surface area contributed by atoms with Crippen molar-refractivity contribution < 1.29 is 9.21 Å². The van der Waals surface area contributed by atoms with Crippen LogP contribution in [0.25, 0.3) is 11.0 Å². The molecular formula is C20H21N3O2. The van der Waals surface area contributed by atoms with Gasteiger partial charge >= 0.3 is 0 Å². The van der Waals surface area contributed by atoms with Crippen LogP contribution in [0, 0.1) is 0 Å². The maximum Gasteiger partial charge on any atom is 0.254 e. The number of para-hydroxylation sites is 1. The fourth-order valence-electron chi connectivity index (χ4n) is 2.77. The lowest BCUT2D eigenvalue weighted by molar-refractivity contribution is 0.0996. The zero-order chi connectivity index (χ0) is 17.8. The number of carbonyl (C=O) groups is 1. The smallest absolute Gasteiger partial charge is 0.254 e. The molecule has 0 spiro atoms. The van der Waals surface area contributed by atoms with Crippen molar-refractivity contribution in [3.05, 3.63) is 65.7 Å². The number of anilines is 1. The molecule has 0 atom stereocenters. The van der Waals surface area contributed by atoms with Gasteiger partial charge in [-0.3, -0.25) is 4.79 Å². The van der Waals surface area contributed by atoms with E-state index in [1.165, 1.54) is 0 Å². The number of benzene rings is 2. The van der Waals surface area contributed by atoms with Crippen molar-refractivity contribution in [3.63, 3.8) is 0 Å². The maximum atomic E-state index is 11.8. The van der Waals surface area contributed by atoms with Gasteiger partial charge in [0, 0.05) is 30.2 Å². The Morgan fingerprint density at radius 3 is 2.44 bits per heavy atom. The molecule has 5 nitrogen and oxygen atoms in total. The Bertz CT molecular complexity index is 958. The minimum absolute atomic E-state index is 0.225. The summed E-state index contributed by atoms with van der Waals surface area (Å²) in [5.41, 5.74) is 8.45. The number of primary amides is 1. The van der Waals surface area contributed by atoms with Gasteiger partial charge in [0.1, 0.15) is 11.1 Å². The number of nitrogens with zero attached hydrogens (tertiary/aromatic N) is 2. The quantitative estimate of drug-likeness (QED) is 0.774. The van der Waals surface area contributed by atoms with Gasteiger partial charge in [-0.2, -0.15) is 0 Å². The summed E-state index contributed by atoms with van der Waals surface area (Å²) in [5.74, 6) is -0.562. The molecule has 0 aliphatic rings. The van der Waals surface area contributed by atoms with Crippen LogP contribution in [0.1, 0.15) is 24.2 Å². The van der Waals surface area contributed by atoms with Gasteiger partial charge in [-0.25, -0.2) is 4.99 Å². The van der Waals surface area contributed by atoms with Gasteiger partial charge in [0.2, 0.25) is 5.55 Å². The molecule has 128 valence electrons. The van der Waals surface area contributed by atoms with Gasteiger partial charge in [-0.1, -0.05) is 18.2 Å². The summed E-state index contributed by atoms with van der Waals surface area (Å²) < 4.78 is 5.94. The van der Waals surface area contributed by atoms with Gasteiger partial charge < -0.3 is 15.1 Å². The Labute approximate surface area is 146 Å². The molecule has 0 fully saturated rings. The third-order valence-electron chi connectivity index (χ3n) is 4.11. The molecule has 0 radical (unpaired) electrons. The zero-order valence-corrected chi connectivity index (χ0v) is 14.4. The molecule has 3 aromatic rings. The van der Waals surface area contributed by atoms with E-state index in [1.54, 1.807) is 6.07 Å². The van der Waals surface area contributed by atoms with Crippen molar-refractivity contribution in [3.8, 4) is 0 Å². The summed E-state index contributed by atoms with van der Waals surface area (Å²) in [6.45, 7) is 6.03. The first-order valence-corrected chi connectivity index (χ1v) is 8.34. The molecule has 2 aromatic carbocycles. The standard InChI is InChI=1S/C20H21N3O2/c1-3-23(4-2)16-11-10-14-12-17(19(21)24)20(25-18(14)13-16)22-15-8-6-5-7-9-15/h5-13H,3-4H2,1-2H3,(H2,21,24). The summed E-state index contributed by atoms with van der Waals surface area (Å²) in [6, 6.07) is 17.0. The van der Waals surface area contributed by atoms with E-state index in [4.69, 9.17) is 10.2 Å².